The summed E-state index contributed by atoms with van der Waals surface area (Å²) >= 11 is 0. The van der Waals surface area contributed by atoms with Crippen LogP contribution in [-0.4, -0.2) is 0 Å². The molecule has 1 nitrogen and oxygen atoms in total. The summed E-state index contributed by atoms with van der Waals surface area (Å²) in [5, 5.41) is 0. The molecule has 0 spiro atoms. The Labute approximate surface area is 78.0 Å². The Balaban J connectivity index is 2.41. The quantitative estimate of drug-likeness (QED) is 0.675. The highest BCUT2D eigenvalue weighted by Crippen LogP contribution is 2.20. The van der Waals surface area contributed by atoms with E-state index < -0.39 is 0 Å². The number of rotatable bonds is 2. The highest BCUT2D eigenvalue weighted by molar-refractivity contribution is 5.58. The molecule has 1 heterocycles. The van der Waals surface area contributed by atoms with Gasteiger partial charge in [0.15, 0.2) is 0 Å². The van der Waals surface area contributed by atoms with Crippen LogP contribution in [0.4, 0.5) is 0 Å². The molecular formula is C12H12O. The van der Waals surface area contributed by atoms with E-state index in [-0.39, 0.29) is 0 Å². The number of aryl methyl sites for hydroxylation is 1. The van der Waals surface area contributed by atoms with Crippen LogP contribution in [-0.2, 0) is 6.42 Å². The van der Waals surface area contributed by atoms with Crippen LogP contribution in [0.5, 0.6) is 0 Å². The van der Waals surface area contributed by atoms with Gasteiger partial charge in [0.05, 0.1) is 6.26 Å². The van der Waals surface area contributed by atoms with Gasteiger partial charge in [-0.15, -0.1) is 0 Å². The molecule has 66 valence electrons. The van der Waals surface area contributed by atoms with Crippen LogP contribution in [0.3, 0.4) is 0 Å². The van der Waals surface area contributed by atoms with E-state index in [1.807, 2.05) is 12.1 Å². The van der Waals surface area contributed by atoms with Gasteiger partial charge in [0.1, 0.15) is 5.76 Å². The Hall–Kier alpha value is -1.50. The molecule has 0 bridgehead atoms. The molecule has 0 unspecified atom stereocenters. The summed E-state index contributed by atoms with van der Waals surface area (Å²) in [4.78, 5) is 0. The second-order valence-corrected chi connectivity index (χ2v) is 3.03. The molecule has 0 amide bonds. The Morgan fingerprint density at radius 3 is 2.77 bits per heavy atom. The molecule has 1 aromatic carbocycles. The summed E-state index contributed by atoms with van der Waals surface area (Å²) < 4.78 is 5.32. The zero-order chi connectivity index (χ0) is 9.10. The molecule has 1 aromatic heterocycles. The fourth-order valence-corrected chi connectivity index (χ4v) is 1.39. The second-order valence-electron chi connectivity index (χ2n) is 3.03. The smallest absolute Gasteiger partial charge is 0.133 e. The van der Waals surface area contributed by atoms with Crippen LogP contribution >= 0.6 is 0 Å². The molecule has 0 aliphatic heterocycles. The average Bonchev–Trinajstić information content (AvgIpc) is 2.71. The molecule has 2 rings (SSSR count). The maximum atomic E-state index is 5.32. The van der Waals surface area contributed by atoms with Gasteiger partial charge in [-0.25, -0.2) is 0 Å². The van der Waals surface area contributed by atoms with Gasteiger partial charge in [-0.1, -0.05) is 25.1 Å². The van der Waals surface area contributed by atoms with E-state index in [0.29, 0.717) is 0 Å². The van der Waals surface area contributed by atoms with Gasteiger partial charge in [0.2, 0.25) is 0 Å². The molecule has 13 heavy (non-hydrogen) atoms. The van der Waals surface area contributed by atoms with Crippen molar-refractivity contribution in [3.05, 3.63) is 48.2 Å². The molecule has 0 radical (unpaired) electrons. The molecular weight excluding hydrogens is 160 g/mol. The van der Waals surface area contributed by atoms with Gasteiger partial charge in [-0.2, -0.15) is 0 Å². The Morgan fingerprint density at radius 1 is 1.15 bits per heavy atom. The standard InChI is InChI=1S/C12H12O/c1-2-10-5-3-6-11(9-10)12-7-4-8-13-12/h3-9H,2H2,1H3. The zero-order valence-corrected chi connectivity index (χ0v) is 7.66. The van der Waals surface area contributed by atoms with Gasteiger partial charge in [0.25, 0.3) is 0 Å². The van der Waals surface area contributed by atoms with Crippen molar-refractivity contribution >= 4 is 0 Å². The molecule has 2 aromatic rings. The molecule has 0 saturated carbocycles. The van der Waals surface area contributed by atoms with Crippen LogP contribution in [0, 0.1) is 0 Å². The van der Waals surface area contributed by atoms with E-state index in [0.717, 1.165) is 17.7 Å². The number of hydrogen-bond donors (Lipinski definition) is 0. The maximum absolute atomic E-state index is 5.32. The predicted octanol–water partition coefficient (Wildman–Crippen LogP) is 3.51. The van der Waals surface area contributed by atoms with Crippen molar-refractivity contribution in [3.8, 4) is 11.3 Å². The summed E-state index contributed by atoms with van der Waals surface area (Å²) in [5.74, 6) is 0.940. The molecule has 0 N–H and O–H groups in total. The largest absolute Gasteiger partial charge is 0.464 e. The van der Waals surface area contributed by atoms with E-state index in [1.165, 1.54) is 5.56 Å². The fraction of sp³-hybridized carbons (Fsp3) is 0.167. The first-order chi connectivity index (χ1) is 6.40. The molecule has 0 fully saturated rings. The first-order valence-electron chi connectivity index (χ1n) is 4.53. The molecule has 0 atom stereocenters. The third kappa shape index (κ3) is 1.64. The number of hydrogen-bond acceptors (Lipinski definition) is 1. The van der Waals surface area contributed by atoms with Crippen molar-refractivity contribution < 1.29 is 4.42 Å². The lowest BCUT2D eigenvalue weighted by atomic mass is 10.1. The molecule has 1 heteroatoms. The van der Waals surface area contributed by atoms with Crippen LogP contribution in [0.1, 0.15) is 12.5 Å². The molecule has 0 aliphatic carbocycles. The topological polar surface area (TPSA) is 13.1 Å². The summed E-state index contributed by atoms with van der Waals surface area (Å²) in [5.41, 5.74) is 2.50. The van der Waals surface area contributed by atoms with E-state index in [9.17, 15) is 0 Å². The van der Waals surface area contributed by atoms with Crippen LogP contribution in [0.15, 0.2) is 47.1 Å². The first-order valence-corrected chi connectivity index (χ1v) is 4.53. The Bertz CT molecular complexity index is 374. The summed E-state index contributed by atoms with van der Waals surface area (Å²) in [6, 6.07) is 12.3. The minimum absolute atomic E-state index is 0.940. The summed E-state index contributed by atoms with van der Waals surface area (Å²) in [7, 11) is 0. The number of benzene rings is 1. The Kier molecular flexibility index (Phi) is 2.17. The van der Waals surface area contributed by atoms with Crippen LogP contribution in [0.2, 0.25) is 0 Å². The van der Waals surface area contributed by atoms with Gasteiger partial charge in [-0.05, 0) is 30.2 Å². The van der Waals surface area contributed by atoms with Gasteiger partial charge in [0, 0.05) is 5.56 Å². The normalized spacial score (nSPS) is 10.2. The fourth-order valence-electron chi connectivity index (χ4n) is 1.39. The van der Waals surface area contributed by atoms with E-state index in [4.69, 9.17) is 4.42 Å². The lowest BCUT2D eigenvalue weighted by Crippen LogP contribution is -1.80. The second kappa shape index (κ2) is 3.48. The lowest BCUT2D eigenvalue weighted by Gasteiger charge is -1.99. The van der Waals surface area contributed by atoms with Crippen LogP contribution in [0.25, 0.3) is 11.3 Å². The third-order valence-electron chi connectivity index (χ3n) is 2.14. The molecule has 0 saturated heterocycles. The zero-order valence-electron chi connectivity index (χ0n) is 7.66. The minimum Gasteiger partial charge on any atom is -0.464 e. The first kappa shape index (κ1) is 8.11. The summed E-state index contributed by atoms with van der Waals surface area (Å²) in [6.07, 6.45) is 2.77. The van der Waals surface area contributed by atoms with E-state index >= 15 is 0 Å². The van der Waals surface area contributed by atoms with Crippen molar-refractivity contribution in [2.75, 3.05) is 0 Å². The van der Waals surface area contributed by atoms with Gasteiger partial charge in [-0.3, -0.25) is 0 Å². The van der Waals surface area contributed by atoms with E-state index in [2.05, 4.69) is 31.2 Å². The minimum atomic E-state index is 0.940. The van der Waals surface area contributed by atoms with Crippen LogP contribution < -0.4 is 0 Å². The maximum Gasteiger partial charge on any atom is 0.133 e. The predicted molar refractivity (Wildman–Crippen MR) is 53.5 cm³/mol. The lowest BCUT2D eigenvalue weighted by molar-refractivity contribution is 0.582. The number of furan rings is 1. The van der Waals surface area contributed by atoms with Crippen molar-refractivity contribution in [1.82, 2.24) is 0 Å². The monoisotopic (exact) mass is 172 g/mol. The average molecular weight is 172 g/mol. The van der Waals surface area contributed by atoms with E-state index in [1.54, 1.807) is 6.26 Å². The molecule has 0 aliphatic rings. The third-order valence-corrected chi connectivity index (χ3v) is 2.14. The van der Waals surface area contributed by atoms with Crippen molar-refractivity contribution in [1.29, 1.82) is 0 Å². The van der Waals surface area contributed by atoms with Crippen molar-refractivity contribution in [2.45, 2.75) is 13.3 Å². The highest BCUT2D eigenvalue weighted by Gasteiger charge is 1.99. The summed E-state index contributed by atoms with van der Waals surface area (Å²) in [6.45, 7) is 2.15. The van der Waals surface area contributed by atoms with Gasteiger partial charge >= 0.3 is 0 Å². The van der Waals surface area contributed by atoms with Crippen molar-refractivity contribution in [2.24, 2.45) is 0 Å². The van der Waals surface area contributed by atoms with Crippen molar-refractivity contribution in [3.63, 3.8) is 0 Å². The Morgan fingerprint density at radius 2 is 2.08 bits per heavy atom. The highest BCUT2D eigenvalue weighted by atomic mass is 16.3. The van der Waals surface area contributed by atoms with Gasteiger partial charge < -0.3 is 4.42 Å². The SMILES string of the molecule is CCc1cccc(-c2ccco2)c1.